The van der Waals surface area contributed by atoms with Crippen molar-refractivity contribution in [1.29, 1.82) is 0 Å². The lowest BCUT2D eigenvalue weighted by Gasteiger charge is -2.45. The highest BCUT2D eigenvalue weighted by Gasteiger charge is 2.51. The Hall–Kier alpha value is -3.55. The topological polar surface area (TPSA) is 269 Å². The fourth-order valence-corrected chi connectivity index (χ4v) is 4.89. The lowest BCUT2D eigenvalue weighted by molar-refractivity contribution is -0.358. The zero-order valence-electron chi connectivity index (χ0n) is 22.1. The van der Waals surface area contributed by atoms with Gasteiger partial charge in [-0.15, -0.1) is 0 Å². The standard InChI is InChI=1S/C27H30O16/c28-7-15-18(33)21(36)23(38)26(41-15)43-25-22(37)19(34)16(8-29)42-27(25)40-14-6-12(32)17-11(31)5-13(39-24(17)20(14)35)9-1-3-10(30)4-2-9/h1-6,15-16,18-19,21-23,25-30,32-38H,7-8H2/t15-,16-,18-,19-,21+,22+,23-,25-,26+,27+/m1/s1. The molecule has 2 fully saturated rings. The molecule has 0 bridgehead atoms. The molecule has 3 heterocycles. The molecule has 0 aliphatic carbocycles. The van der Waals surface area contributed by atoms with E-state index in [0.29, 0.717) is 5.56 Å². The third kappa shape index (κ3) is 5.73. The van der Waals surface area contributed by atoms with Crippen molar-refractivity contribution in [2.24, 2.45) is 0 Å². The Morgan fingerprint density at radius 3 is 1.98 bits per heavy atom. The van der Waals surface area contributed by atoms with Crippen LogP contribution in [-0.4, -0.2) is 126 Å². The minimum atomic E-state index is -1.91. The van der Waals surface area contributed by atoms with Gasteiger partial charge < -0.3 is 74.4 Å². The van der Waals surface area contributed by atoms with Crippen LogP contribution in [0.1, 0.15) is 0 Å². The van der Waals surface area contributed by atoms with Crippen LogP contribution in [0.5, 0.6) is 23.0 Å². The molecule has 16 heteroatoms. The van der Waals surface area contributed by atoms with Gasteiger partial charge in [0.1, 0.15) is 65.4 Å². The highest BCUT2D eigenvalue weighted by atomic mass is 16.8. The Kier molecular flexibility index (Phi) is 8.77. The molecule has 10 N–H and O–H groups in total. The predicted molar refractivity (Wildman–Crippen MR) is 140 cm³/mol. The van der Waals surface area contributed by atoms with Crippen molar-refractivity contribution >= 4 is 11.0 Å². The lowest BCUT2D eigenvalue weighted by atomic mass is 9.97. The molecule has 0 unspecified atom stereocenters. The number of phenolic OH excluding ortho intramolecular Hbond substituents is 3. The van der Waals surface area contributed by atoms with Crippen molar-refractivity contribution < 1.29 is 74.4 Å². The van der Waals surface area contributed by atoms with E-state index in [1.807, 2.05) is 0 Å². The normalized spacial score (nSPS) is 33.0. The second-order valence-electron chi connectivity index (χ2n) is 10.1. The van der Waals surface area contributed by atoms with Crippen LogP contribution in [-0.2, 0) is 14.2 Å². The van der Waals surface area contributed by atoms with E-state index in [2.05, 4.69) is 0 Å². The zero-order chi connectivity index (χ0) is 31.2. The average Bonchev–Trinajstić information content (AvgIpc) is 2.99. The van der Waals surface area contributed by atoms with Crippen molar-refractivity contribution in [3.8, 4) is 34.3 Å². The van der Waals surface area contributed by atoms with E-state index in [0.717, 1.165) is 12.1 Å². The molecule has 1 aromatic heterocycles. The van der Waals surface area contributed by atoms with Gasteiger partial charge in [-0.25, -0.2) is 0 Å². The van der Waals surface area contributed by atoms with Crippen LogP contribution in [0.2, 0.25) is 0 Å². The van der Waals surface area contributed by atoms with Gasteiger partial charge in [-0.3, -0.25) is 4.79 Å². The number of hydrogen-bond donors (Lipinski definition) is 10. The van der Waals surface area contributed by atoms with Crippen molar-refractivity contribution in [3.63, 3.8) is 0 Å². The summed E-state index contributed by atoms with van der Waals surface area (Å²) in [4.78, 5) is 12.8. The fraction of sp³-hybridized carbons (Fsp3) is 0.444. The molecule has 2 aromatic carbocycles. The smallest absolute Gasteiger partial charge is 0.229 e. The molecule has 0 radical (unpaired) electrons. The number of fused-ring (bicyclic) bond motifs is 1. The molecular weight excluding hydrogens is 580 g/mol. The van der Waals surface area contributed by atoms with E-state index >= 15 is 0 Å². The second kappa shape index (κ2) is 12.2. The largest absolute Gasteiger partial charge is 0.508 e. The monoisotopic (exact) mass is 610 g/mol. The number of phenols is 3. The first-order valence-electron chi connectivity index (χ1n) is 13.0. The number of aliphatic hydroxyl groups is 7. The second-order valence-corrected chi connectivity index (χ2v) is 10.1. The first-order chi connectivity index (χ1) is 20.4. The minimum absolute atomic E-state index is 0.0408. The summed E-state index contributed by atoms with van der Waals surface area (Å²) in [5.74, 6) is -2.15. The number of aliphatic hydroxyl groups excluding tert-OH is 7. The van der Waals surface area contributed by atoms with Crippen LogP contribution in [0.15, 0.2) is 45.6 Å². The van der Waals surface area contributed by atoms with Crippen LogP contribution in [0, 0.1) is 0 Å². The Bertz CT molecular complexity index is 1490. The van der Waals surface area contributed by atoms with Crippen LogP contribution in [0.4, 0.5) is 0 Å². The number of aromatic hydroxyl groups is 3. The van der Waals surface area contributed by atoms with Gasteiger partial charge in [-0.2, -0.15) is 0 Å². The summed E-state index contributed by atoms with van der Waals surface area (Å²) in [5.41, 5.74) is -0.902. The number of ether oxygens (including phenoxy) is 4. The molecule has 0 amide bonds. The summed E-state index contributed by atoms with van der Waals surface area (Å²) in [5, 5.41) is 102. The summed E-state index contributed by atoms with van der Waals surface area (Å²) in [6.07, 6.45) is -17.4. The van der Waals surface area contributed by atoms with Crippen molar-refractivity contribution in [1.82, 2.24) is 0 Å². The number of benzene rings is 2. The average molecular weight is 611 g/mol. The van der Waals surface area contributed by atoms with Crippen LogP contribution in [0.25, 0.3) is 22.3 Å². The maximum atomic E-state index is 12.8. The van der Waals surface area contributed by atoms with E-state index in [9.17, 15) is 55.9 Å². The Balaban J connectivity index is 1.51. The highest BCUT2D eigenvalue weighted by Crippen LogP contribution is 2.42. The molecule has 10 atom stereocenters. The first kappa shape index (κ1) is 30.9. The molecule has 0 spiro atoms. The first-order valence-corrected chi connectivity index (χ1v) is 13.0. The molecule has 16 nitrogen and oxygen atoms in total. The van der Waals surface area contributed by atoms with Gasteiger partial charge in [-0.1, -0.05) is 0 Å². The summed E-state index contributed by atoms with van der Waals surface area (Å²) in [6, 6.07) is 7.46. The van der Waals surface area contributed by atoms with E-state index in [-0.39, 0.29) is 11.5 Å². The minimum Gasteiger partial charge on any atom is -0.508 e. The van der Waals surface area contributed by atoms with Crippen LogP contribution >= 0.6 is 0 Å². The van der Waals surface area contributed by atoms with Gasteiger partial charge >= 0.3 is 0 Å². The van der Waals surface area contributed by atoms with Crippen LogP contribution in [0.3, 0.4) is 0 Å². The van der Waals surface area contributed by atoms with Gasteiger partial charge in [0.05, 0.1) is 13.2 Å². The zero-order valence-corrected chi connectivity index (χ0v) is 22.1. The SMILES string of the molecule is O=c1cc(-c2ccc(O)cc2)oc2c(O)c(O[C@H]3O[C@H](CO)[C@@H](O)[C@H](O)[C@H]3O[C@@H]3O[C@H](CO)[C@@H](O)[C@H](O)[C@H]3O)cc(O)c12. The number of rotatable bonds is 7. The van der Waals surface area contributed by atoms with Crippen molar-refractivity contribution in [2.75, 3.05) is 13.2 Å². The Morgan fingerprint density at radius 1 is 0.744 bits per heavy atom. The Labute approximate surface area is 241 Å². The molecule has 5 rings (SSSR count). The van der Waals surface area contributed by atoms with E-state index < -0.39 is 108 Å². The molecular formula is C27H30O16. The molecule has 0 saturated carbocycles. The van der Waals surface area contributed by atoms with Gasteiger partial charge in [-0.05, 0) is 24.3 Å². The Morgan fingerprint density at radius 2 is 1.35 bits per heavy atom. The summed E-state index contributed by atoms with van der Waals surface area (Å²) in [6.45, 7) is -1.60. The number of hydrogen-bond acceptors (Lipinski definition) is 16. The van der Waals surface area contributed by atoms with Crippen molar-refractivity contribution in [3.05, 3.63) is 46.6 Å². The van der Waals surface area contributed by atoms with Crippen LogP contribution < -0.4 is 10.2 Å². The van der Waals surface area contributed by atoms with Gasteiger partial charge in [0, 0.05) is 17.7 Å². The van der Waals surface area contributed by atoms with Gasteiger partial charge in [0.15, 0.2) is 29.2 Å². The van der Waals surface area contributed by atoms with Gasteiger partial charge in [0.2, 0.25) is 12.0 Å². The quantitative estimate of drug-likeness (QED) is 0.125. The predicted octanol–water partition coefficient (Wildman–Crippen LogP) is -2.42. The molecule has 3 aromatic rings. The molecule has 2 aliphatic rings. The van der Waals surface area contributed by atoms with Gasteiger partial charge in [0.25, 0.3) is 0 Å². The van der Waals surface area contributed by atoms with Crippen molar-refractivity contribution in [2.45, 2.75) is 61.4 Å². The summed E-state index contributed by atoms with van der Waals surface area (Å²) in [7, 11) is 0. The molecule has 43 heavy (non-hydrogen) atoms. The van der Waals surface area contributed by atoms with E-state index in [4.69, 9.17) is 23.4 Å². The molecule has 2 saturated heterocycles. The van der Waals surface area contributed by atoms with E-state index in [1.54, 1.807) is 0 Å². The fourth-order valence-electron chi connectivity index (χ4n) is 4.89. The third-order valence-corrected chi connectivity index (χ3v) is 7.28. The summed E-state index contributed by atoms with van der Waals surface area (Å²) < 4.78 is 27.8. The highest BCUT2D eigenvalue weighted by molar-refractivity contribution is 5.91. The molecule has 2 aliphatic heterocycles. The van der Waals surface area contributed by atoms with E-state index in [1.165, 1.54) is 24.3 Å². The third-order valence-electron chi connectivity index (χ3n) is 7.28. The molecule has 234 valence electrons. The maximum absolute atomic E-state index is 12.8. The maximum Gasteiger partial charge on any atom is 0.229 e. The summed E-state index contributed by atoms with van der Waals surface area (Å²) >= 11 is 0. The lowest BCUT2D eigenvalue weighted by Crippen LogP contribution is -2.65.